The fourth-order valence-electron chi connectivity index (χ4n) is 7.15. The standard InChI is InChI=1S/C34H45BrN4O4.ClH/c1-3-4-20-38-32(42)30(31(41)26-8-6-5-7-9-26)36-33(43)34(38)18-21-37(22-19-34)23-25-10-14-28(15-11-25)39(24(2)40)29-16-12-27(35)13-17-29;/h10-17,26,30-31,41H,3-9,18-23H2,1-2H3,(H,36,43);1H/t30-,31-;/m1./s1. The lowest BCUT2D eigenvalue weighted by Gasteiger charge is -2.52. The molecule has 3 fully saturated rings. The average Bonchev–Trinajstić information content (AvgIpc) is 3.02. The van der Waals surface area contributed by atoms with Gasteiger partial charge in [-0.15, -0.1) is 12.4 Å². The Balaban J connectivity index is 0.00000442. The molecule has 1 aliphatic carbocycles. The van der Waals surface area contributed by atoms with Crippen molar-refractivity contribution in [3.05, 3.63) is 58.6 Å². The van der Waals surface area contributed by atoms with Crippen molar-refractivity contribution >= 4 is 57.4 Å². The number of halogens is 2. The zero-order chi connectivity index (χ0) is 30.6. The molecule has 2 heterocycles. The van der Waals surface area contributed by atoms with E-state index in [0.29, 0.717) is 32.5 Å². The van der Waals surface area contributed by atoms with E-state index < -0.39 is 17.7 Å². The second kappa shape index (κ2) is 15.2. The van der Waals surface area contributed by atoms with Crippen LogP contribution in [0.5, 0.6) is 0 Å². The molecule has 0 aromatic heterocycles. The van der Waals surface area contributed by atoms with Gasteiger partial charge in [0.2, 0.25) is 17.7 Å². The number of amides is 3. The molecule has 2 saturated heterocycles. The van der Waals surface area contributed by atoms with Crippen LogP contribution in [0.4, 0.5) is 11.4 Å². The van der Waals surface area contributed by atoms with E-state index in [1.165, 1.54) is 6.42 Å². The third kappa shape index (κ3) is 7.33. The maximum atomic E-state index is 13.9. The number of benzene rings is 2. The topological polar surface area (TPSA) is 93.2 Å². The van der Waals surface area contributed by atoms with Gasteiger partial charge >= 0.3 is 0 Å². The van der Waals surface area contributed by atoms with Crippen LogP contribution in [0.1, 0.15) is 77.2 Å². The number of carbonyl (C=O) groups is 3. The van der Waals surface area contributed by atoms with E-state index in [1.54, 1.807) is 11.8 Å². The summed E-state index contributed by atoms with van der Waals surface area (Å²) in [6.45, 7) is 6.32. The molecule has 3 aliphatic rings. The summed E-state index contributed by atoms with van der Waals surface area (Å²) in [4.78, 5) is 46.0. The van der Waals surface area contributed by atoms with Crippen LogP contribution < -0.4 is 10.2 Å². The Morgan fingerprint density at radius 3 is 2.18 bits per heavy atom. The SMILES string of the molecule is CCCCN1C(=O)[C@@H]([C@H](O)C2CCCCC2)NC(=O)C12CCN(Cc1ccc(N(C(C)=O)c3ccc(Br)cc3)cc1)CC2.Cl. The molecule has 2 N–H and O–H groups in total. The van der Waals surface area contributed by atoms with E-state index in [-0.39, 0.29) is 36.0 Å². The maximum Gasteiger partial charge on any atom is 0.248 e. The first-order chi connectivity index (χ1) is 20.7. The number of aliphatic hydroxyl groups excluding tert-OH is 1. The third-order valence-corrected chi connectivity index (χ3v) is 10.2. The van der Waals surface area contributed by atoms with Crippen molar-refractivity contribution in [2.75, 3.05) is 24.5 Å². The first kappa shape index (κ1) is 34.4. The lowest BCUT2D eigenvalue weighted by Crippen LogP contribution is -2.75. The number of nitrogens with zero attached hydrogens (tertiary/aromatic N) is 3. The van der Waals surface area contributed by atoms with E-state index in [9.17, 15) is 19.5 Å². The van der Waals surface area contributed by atoms with Crippen LogP contribution in [0.25, 0.3) is 0 Å². The minimum absolute atomic E-state index is 0. The zero-order valence-electron chi connectivity index (χ0n) is 25.8. The monoisotopic (exact) mass is 688 g/mol. The van der Waals surface area contributed by atoms with Gasteiger partial charge in [0, 0.05) is 49.0 Å². The van der Waals surface area contributed by atoms with E-state index in [4.69, 9.17) is 0 Å². The third-order valence-electron chi connectivity index (χ3n) is 9.65. The number of piperidine rings is 1. The first-order valence-corrected chi connectivity index (χ1v) is 16.7. The Morgan fingerprint density at radius 1 is 1.02 bits per heavy atom. The average molecular weight is 690 g/mol. The predicted octanol–water partition coefficient (Wildman–Crippen LogP) is 5.96. The number of unbranched alkanes of at least 4 members (excludes halogenated alkanes) is 1. The van der Waals surface area contributed by atoms with E-state index >= 15 is 0 Å². The number of hydrogen-bond donors (Lipinski definition) is 2. The highest BCUT2D eigenvalue weighted by Crippen LogP contribution is 2.37. The summed E-state index contributed by atoms with van der Waals surface area (Å²) in [5, 5.41) is 14.2. The molecule has 3 amide bonds. The predicted molar refractivity (Wildman–Crippen MR) is 179 cm³/mol. The largest absolute Gasteiger partial charge is 0.390 e. The Kier molecular flexibility index (Phi) is 11.9. The van der Waals surface area contributed by atoms with Gasteiger partial charge in [0.05, 0.1) is 6.10 Å². The van der Waals surface area contributed by atoms with Crippen molar-refractivity contribution in [3.63, 3.8) is 0 Å². The molecule has 5 rings (SSSR count). The molecular formula is C34H46BrClN4O4. The summed E-state index contributed by atoms with van der Waals surface area (Å²) in [7, 11) is 0. The smallest absolute Gasteiger partial charge is 0.248 e. The quantitative estimate of drug-likeness (QED) is 0.339. The number of carbonyl (C=O) groups excluding carboxylic acids is 3. The van der Waals surface area contributed by atoms with E-state index in [2.05, 4.69) is 45.2 Å². The fourth-order valence-corrected chi connectivity index (χ4v) is 7.41. The number of likely N-dealkylation sites (tertiary alicyclic amines) is 1. The van der Waals surface area contributed by atoms with Crippen molar-refractivity contribution in [1.29, 1.82) is 0 Å². The van der Waals surface area contributed by atoms with Gasteiger partial charge in [-0.05, 0) is 80.0 Å². The Morgan fingerprint density at radius 2 is 1.61 bits per heavy atom. The fraction of sp³-hybridized carbons (Fsp3) is 0.559. The second-order valence-electron chi connectivity index (χ2n) is 12.5. The summed E-state index contributed by atoms with van der Waals surface area (Å²) in [5.41, 5.74) is 1.89. The number of nitrogens with one attached hydrogen (secondary N) is 1. The molecule has 10 heteroatoms. The van der Waals surface area contributed by atoms with Gasteiger partial charge in [-0.25, -0.2) is 0 Å². The van der Waals surface area contributed by atoms with Gasteiger partial charge < -0.3 is 15.3 Å². The number of hydrogen-bond acceptors (Lipinski definition) is 5. The summed E-state index contributed by atoms with van der Waals surface area (Å²) in [6, 6.07) is 14.9. The molecule has 0 unspecified atom stereocenters. The van der Waals surface area contributed by atoms with Crippen LogP contribution in [-0.2, 0) is 20.9 Å². The highest BCUT2D eigenvalue weighted by atomic mass is 79.9. The van der Waals surface area contributed by atoms with Gasteiger partial charge in [0.25, 0.3) is 0 Å². The molecule has 2 aliphatic heterocycles. The van der Waals surface area contributed by atoms with Crippen LogP contribution in [0.15, 0.2) is 53.0 Å². The van der Waals surface area contributed by atoms with E-state index in [1.807, 2.05) is 41.3 Å². The van der Waals surface area contributed by atoms with Gasteiger partial charge in [-0.3, -0.25) is 24.2 Å². The number of anilines is 2. The van der Waals surface area contributed by atoms with Gasteiger partial charge in [0.1, 0.15) is 11.6 Å². The highest BCUT2D eigenvalue weighted by Gasteiger charge is 2.55. The molecular weight excluding hydrogens is 644 g/mol. The lowest BCUT2D eigenvalue weighted by molar-refractivity contribution is -0.166. The van der Waals surface area contributed by atoms with Crippen molar-refractivity contribution in [3.8, 4) is 0 Å². The maximum absolute atomic E-state index is 13.9. The molecule has 1 saturated carbocycles. The van der Waals surface area contributed by atoms with Crippen LogP contribution in [0.3, 0.4) is 0 Å². The molecule has 0 radical (unpaired) electrons. The summed E-state index contributed by atoms with van der Waals surface area (Å²) in [5.74, 6) is -0.214. The van der Waals surface area contributed by atoms with Gasteiger partial charge in [0.15, 0.2) is 0 Å². The molecule has 2 aromatic carbocycles. The van der Waals surface area contributed by atoms with Crippen LogP contribution >= 0.6 is 28.3 Å². The van der Waals surface area contributed by atoms with Crippen molar-refractivity contribution in [1.82, 2.24) is 15.1 Å². The molecule has 44 heavy (non-hydrogen) atoms. The second-order valence-corrected chi connectivity index (χ2v) is 13.4. The molecule has 0 bridgehead atoms. The van der Waals surface area contributed by atoms with Crippen LogP contribution in [0, 0.1) is 5.92 Å². The summed E-state index contributed by atoms with van der Waals surface area (Å²) >= 11 is 3.45. The number of rotatable bonds is 9. The number of aliphatic hydroxyl groups is 1. The Labute approximate surface area is 276 Å². The van der Waals surface area contributed by atoms with E-state index in [0.717, 1.165) is 66.5 Å². The molecule has 240 valence electrons. The van der Waals surface area contributed by atoms with Crippen molar-refractivity contribution < 1.29 is 19.5 Å². The Bertz CT molecular complexity index is 1280. The van der Waals surface area contributed by atoms with Crippen LogP contribution in [-0.4, -0.2) is 69.9 Å². The van der Waals surface area contributed by atoms with Gasteiger partial charge in [-0.1, -0.05) is 60.7 Å². The summed E-state index contributed by atoms with van der Waals surface area (Å²) in [6.07, 6.45) is 7.20. The Hall–Kier alpha value is -2.46. The highest BCUT2D eigenvalue weighted by molar-refractivity contribution is 9.10. The molecule has 2 atom stereocenters. The molecule has 2 aromatic rings. The van der Waals surface area contributed by atoms with Crippen molar-refractivity contribution in [2.45, 2.75) is 95.9 Å². The molecule has 8 nitrogen and oxygen atoms in total. The minimum atomic E-state index is -0.859. The minimum Gasteiger partial charge on any atom is -0.390 e. The lowest BCUT2D eigenvalue weighted by atomic mass is 9.78. The van der Waals surface area contributed by atoms with Crippen molar-refractivity contribution in [2.24, 2.45) is 5.92 Å². The molecule has 1 spiro atoms. The first-order valence-electron chi connectivity index (χ1n) is 15.9. The zero-order valence-corrected chi connectivity index (χ0v) is 28.2. The summed E-state index contributed by atoms with van der Waals surface area (Å²) < 4.78 is 0.957. The normalized spacial score (nSPS) is 21.5. The van der Waals surface area contributed by atoms with Gasteiger partial charge in [-0.2, -0.15) is 0 Å². The van der Waals surface area contributed by atoms with Crippen LogP contribution in [0.2, 0.25) is 0 Å². The number of piperazine rings is 1.